The highest BCUT2D eigenvalue weighted by atomic mass is 32.2. The van der Waals surface area contributed by atoms with Crippen LogP contribution in [0.1, 0.15) is 15.9 Å². The molecule has 0 saturated carbocycles. The van der Waals surface area contributed by atoms with Crippen molar-refractivity contribution in [3.63, 3.8) is 0 Å². The predicted octanol–water partition coefficient (Wildman–Crippen LogP) is 1.12. The van der Waals surface area contributed by atoms with Gasteiger partial charge in [-0.05, 0) is 24.6 Å². The van der Waals surface area contributed by atoms with Gasteiger partial charge in [0.2, 0.25) is 0 Å². The molecular weight excluding hydrogens is 244 g/mol. The largest absolute Gasteiger partial charge is 0.492 e. The molecule has 0 aliphatic rings. The van der Waals surface area contributed by atoms with Crippen LogP contribution in [-0.2, 0) is 9.84 Å². The van der Waals surface area contributed by atoms with Gasteiger partial charge < -0.3 is 9.84 Å². The first-order valence-electron chi connectivity index (χ1n) is 4.94. The maximum atomic E-state index is 10.9. The number of carboxylic acid groups (broad SMARTS) is 1. The van der Waals surface area contributed by atoms with Crippen molar-refractivity contribution in [2.45, 2.75) is 6.92 Å². The van der Waals surface area contributed by atoms with E-state index < -0.39 is 15.8 Å². The zero-order valence-corrected chi connectivity index (χ0v) is 10.5. The van der Waals surface area contributed by atoms with Crippen molar-refractivity contribution < 1.29 is 23.1 Å². The van der Waals surface area contributed by atoms with Gasteiger partial charge in [-0.3, -0.25) is 0 Å². The Hall–Kier alpha value is -1.56. The molecule has 1 aromatic rings. The van der Waals surface area contributed by atoms with Crippen LogP contribution < -0.4 is 4.74 Å². The Balaban J connectivity index is 2.76. The highest BCUT2D eigenvalue weighted by Crippen LogP contribution is 2.19. The summed E-state index contributed by atoms with van der Waals surface area (Å²) in [5, 5.41) is 8.80. The Bertz CT molecular complexity index is 519. The summed E-state index contributed by atoms with van der Waals surface area (Å²) in [6.07, 6.45) is 1.12. The van der Waals surface area contributed by atoms with Crippen molar-refractivity contribution in [3.8, 4) is 5.75 Å². The molecule has 94 valence electrons. The van der Waals surface area contributed by atoms with Crippen LogP contribution in [0.25, 0.3) is 0 Å². The number of ether oxygens (including phenoxy) is 1. The van der Waals surface area contributed by atoms with Crippen LogP contribution in [0.15, 0.2) is 18.2 Å². The van der Waals surface area contributed by atoms with E-state index in [9.17, 15) is 13.2 Å². The van der Waals surface area contributed by atoms with E-state index >= 15 is 0 Å². The van der Waals surface area contributed by atoms with Crippen LogP contribution in [0.3, 0.4) is 0 Å². The number of aromatic carboxylic acids is 1. The van der Waals surface area contributed by atoms with E-state index in [0.29, 0.717) is 5.75 Å². The fourth-order valence-corrected chi connectivity index (χ4v) is 1.58. The summed E-state index contributed by atoms with van der Waals surface area (Å²) in [5.41, 5.74) is 0.883. The molecule has 17 heavy (non-hydrogen) atoms. The summed E-state index contributed by atoms with van der Waals surface area (Å²) in [4.78, 5) is 10.7. The van der Waals surface area contributed by atoms with Crippen molar-refractivity contribution in [1.29, 1.82) is 0 Å². The second-order valence-electron chi connectivity index (χ2n) is 3.76. The van der Waals surface area contributed by atoms with E-state index in [2.05, 4.69) is 0 Å². The van der Waals surface area contributed by atoms with Gasteiger partial charge in [0.25, 0.3) is 0 Å². The molecule has 0 bridgehead atoms. The van der Waals surface area contributed by atoms with Crippen LogP contribution in [0.4, 0.5) is 0 Å². The normalized spacial score (nSPS) is 11.2. The lowest BCUT2D eigenvalue weighted by atomic mass is 10.1. The minimum Gasteiger partial charge on any atom is -0.492 e. The van der Waals surface area contributed by atoms with Crippen molar-refractivity contribution in [2.75, 3.05) is 18.6 Å². The van der Waals surface area contributed by atoms with Gasteiger partial charge in [0.1, 0.15) is 12.4 Å². The van der Waals surface area contributed by atoms with E-state index in [4.69, 9.17) is 9.84 Å². The smallest absolute Gasteiger partial charge is 0.335 e. The van der Waals surface area contributed by atoms with Gasteiger partial charge in [0.05, 0.1) is 11.3 Å². The minimum absolute atomic E-state index is 0.0166. The molecule has 0 aliphatic carbocycles. The molecule has 0 heterocycles. The average Bonchev–Trinajstić information content (AvgIpc) is 2.18. The second-order valence-corrected chi connectivity index (χ2v) is 6.02. The maximum Gasteiger partial charge on any atom is 0.335 e. The Morgan fingerprint density at radius 2 is 2.06 bits per heavy atom. The fraction of sp³-hybridized carbons (Fsp3) is 0.364. The van der Waals surface area contributed by atoms with Crippen LogP contribution in [0, 0.1) is 6.92 Å². The lowest BCUT2D eigenvalue weighted by Gasteiger charge is -2.09. The van der Waals surface area contributed by atoms with Crippen LogP contribution >= 0.6 is 0 Å². The summed E-state index contributed by atoms with van der Waals surface area (Å²) in [6.45, 7) is 1.78. The number of sulfone groups is 1. The zero-order valence-electron chi connectivity index (χ0n) is 9.63. The fourth-order valence-electron chi connectivity index (χ4n) is 1.19. The molecule has 0 amide bonds. The summed E-state index contributed by atoms with van der Waals surface area (Å²) in [5.74, 6) is -0.740. The Morgan fingerprint density at radius 3 is 2.59 bits per heavy atom. The molecule has 0 fully saturated rings. The summed E-state index contributed by atoms with van der Waals surface area (Å²) < 4.78 is 27.1. The minimum atomic E-state index is -3.07. The van der Waals surface area contributed by atoms with E-state index in [0.717, 1.165) is 11.8 Å². The first-order chi connectivity index (χ1) is 7.79. The Kier molecular flexibility index (Phi) is 4.11. The van der Waals surface area contributed by atoms with E-state index in [1.807, 2.05) is 0 Å². The van der Waals surface area contributed by atoms with Gasteiger partial charge in [0.15, 0.2) is 9.84 Å². The number of hydrogen-bond acceptors (Lipinski definition) is 4. The topological polar surface area (TPSA) is 80.7 Å². The van der Waals surface area contributed by atoms with Gasteiger partial charge >= 0.3 is 5.97 Å². The molecule has 0 saturated heterocycles. The highest BCUT2D eigenvalue weighted by molar-refractivity contribution is 7.90. The SMILES string of the molecule is Cc1ccc(C(=O)O)cc1OCCS(C)(=O)=O. The molecule has 0 spiro atoms. The molecule has 0 aromatic heterocycles. The van der Waals surface area contributed by atoms with E-state index in [-0.39, 0.29) is 17.9 Å². The quantitative estimate of drug-likeness (QED) is 0.855. The lowest BCUT2D eigenvalue weighted by molar-refractivity contribution is 0.0696. The van der Waals surface area contributed by atoms with E-state index in [1.54, 1.807) is 13.0 Å². The van der Waals surface area contributed by atoms with Crippen LogP contribution in [-0.4, -0.2) is 38.1 Å². The third-order valence-corrected chi connectivity index (χ3v) is 3.06. The third-order valence-electron chi connectivity index (χ3n) is 2.15. The van der Waals surface area contributed by atoms with Crippen molar-refractivity contribution >= 4 is 15.8 Å². The molecule has 0 aliphatic heterocycles. The third kappa shape index (κ3) is 4.44. The zero-order chi connectivity index (χ0) is 13.1. The number of carbonyl (C=O) groups is 1. The average molecular weight is 258 g/mol. The molecule has 6 heteroatoms. The molecular formula is C11H14O5S. The van der Waals surface area contributed by atoms with Crippen molar-refractivity contribution in [1.82, 2.24) is 0 Å². The van der Waals surface area contributed by atoms with Crippen LogP contribution in [0.2, 0.25) is 0 Å². The van der Waals surface area contributed by atoms with Crippen molar-refractivity contribution in [3.05, 3.63) is 29.3 Å². The molecule has 0 unspecified atom stereocenters. The molecule has 1 rings (SSSR count). The predicted molar refractivity (Wildman–Crippen MR) is 63.3 cm³/mol. The Labute approximate surface area is 100.0 Å². The second kappa shape index (κ2) is 5.18. The monoisotopic (exact) mass is 258 g/mol. The van der Waals surface area contributed by atoms with Gasteiger partial charge in [-0.25, -0.2) is 13.2 Å². The molecule has 0 atom stereocenters. The maximum absolute atomic E-state index is 10.9. The number of rotatable bonds is 5. The van der Waals surface area contributed by atoms with Gasteiger partial charge in [-0.2, -0.15) is 0 Å². The number of hydrogen-bond donors (Lipinski definition) is 1. The van der Waals surface area contributed by atoms with Gasteiger partial charge in [-0.1, -0.05) is 6.07 Å². The number of benzene rings is 1. The summed E-state index contributed by atoms with van der Waals surface area (Å²) >= 11 is 0. The number of aryl methyl sites for hydroxylation is 1. The summed E-state index contributed by atoms with van der Waals surface area (Å²) in [7, 11) is -3.07. The van der Waals surface area contributed by atoms with E-state index in [1.165, 1.54) is 12.1 Å². The lowest BCUT2D eigenvalue weighted by Crippen LogP contribution is -2.12. The van der Waals surface area contributed by atoms with Crippen LogP contribution in [0.5, 0.6) is 5.75 Å². The summed E-state index contributed by atoms with van der Waals surface area (Å²) in [6, 6.07) is 4.49. The molecule has 5 nitrogen and oxygen atoms in total. The Morgan fingerprint density at radius 1 is 1.41 bits per heavy atom. The first kappa shape index (κ1) is 13.5. The first-order valence-corrected chi connectivity index (χ1v) is 7.00. The molecule has 0 radical (unpaired) electrons. The van der Waals surface area contributed by atoms with Gasteiger partial charge in [0, 0.05) is 6.26 Å². The highest BCUT2D eigenvalue weighted by Gasteiger charge is 2.08. The van der Waals surface area contributed by atoms with Gasteiger partial charge in [-0.15, -0.1) is 0 Å². The standard InChI is InChI=1S/C11H14O5S/c1-8-3-4-9(11(12)13)7-10(8)16-5-6-17(2,14)15/h3-4,7H,5-6H2,1-2H3,(H,12,13). The number of carboxylic acids is 1. The molecule has 1 N–H and O–H groups in total. The molecule has 1 aromatic carbocycles. The van der Waals surface area contributed by atoms with Crippen molar-refractivity contribution in [2.24, 2.45) is 0 Å².